The summed E-state index contributed by atoms with van der Waals surface area (Å²) < 4.78 is 0. The predicted octanol–water partition coefficient (Wildman–Crippen LogP) is 0.293. The molecule has 0 amide bonds. The standard InChI is InChI=1S/C9H19N5O/c1-13(2)6-8-5-9(15)7-14(8)4-3-11-12-10/h8-9,15H,3-7H2,1-2H3. The normalized spacial score (nSPS) is 26.9. The molecule has 6 heteroatoms. The Labute approximate surface area is 90.1 Å². The van der Waals surface area contributed by atoms with Crippen molar-refractivity contribution in [1.82, 2.24) is 9.80 Å². The first-order valence-electron chi connectivity index (χ1n) is 5.21. The number of hydrogen-bond acceptors (Lipinski definition) is 4. The molecule has 2 unspecified atom stereocenters. The summed E-state index contributed by atoms with van der Waals surface area (Å²) in [6.07, 6.45) is 0.579. The predicted molar refractivity (Wildman–Crippen MR) is 58.6 cm³/mol. The second-order valence-electron chi connectivity index (χ2n) is 4.25. The smallest absolute Gasteiger partial charge is 0.0682 e. The number of likely N-dealkylation sites (tertiary alicyclic amines) is 1. The minimum absolute atomic E-state index is 0.235. The summed E-state index contributed by atoms with van der Waals surface area (Å²) in [6.45, 7) is 2.85. The third kappa shape index (κ3) is 4.05. The fourth-order valence-electron chi connectivity index (χ4n) is 2.06. The van der Waals surface area contributed by atoms with E-state index in [1.165, 1.54) is 0 Å². The number of β-amino-alcohol motifs (C(OH)–C–C–N with tert-alkyl or cyclic N) is 1. The molecule has 0 aromatic heterocycles. The van der Waals surface area contributed by atoms with Gasteiger partial charge in [0.1, 0.15) is 0 Å². The lowest BCUT2D eigenvalue weighted by atomic mass is 10.2. The van der Waals surface area contributed by atoms with Crippen LogP contribution in [0, 0.1) is 0 Å². The lowest BCUT2D eigenvalue weighted by Crippen LogP contribution is -2.38. The van der Waals surface area contributed by atoms with Gasteiger partial charge in [0.2, 0.25) is 0 Å². The van der Waals surface area contributed by atoms with E-state index in [4.69, 9.17) is 5.53 Å². The van der Waals surface area contributed by atoms with Gasteiger partial charge in [0, 0.05) is 37.1 Å². The average molecular weight is 213 g/mol. The molecular formula is C9H19N5O. The van der Waals surface area contributed by atoms with Crippen LogP contribution in [0.3, 0.4) is 0 Å². The molecule has 1 heterocycles. The first-order valence-corrected chi connectivity index (χ1v) is 5.21. The molecule has 0 saturated carbocycles. The molecule has 86 valence electrons. The number of hydrogen-bond donors (Lipinski definition) is 1. The van der Waals surface area contributed by atoms with Crippen molar-refractivity contribution in [1.29, 1.82) is 0 Å². The van der Waals surface area contributed by atoms with Gasteiger partial charge in [-0.3, -0.25) is 4.90 Å². The van der Waals surface area contributed by atoms with Gasteiger partial charge in [0.25, 0.3) is 0 Å². The summed E-state index contributed by atoms with van der Waals surface area (Å²) >= 11 is 0. The zero-order valence-corrected chi connectivity index (χ0v) is 9.37. The Morgan fingerprint density at radius 3 is 2.93 bits per heavy atom. The Morgan fingerprint density at radius 1 is 1.60 bits per heavy atom. The third-order valence-corrected chi connectivity index (χ3v) is 2.63. The Morgan fingerprint density at radius 2 is 2.33 bits per heavy atom. The van der Waals surface area contributed by atoms with Gasteiger partial charge < -0.3 is 10.0 Å². The van der Waals surface area contributed by atoms with E-state index < -0.39 is 0 Å². The number of rotatable bonds is 5. The van der Waals surface area contributed by atoms with Crippen LogP contribution in [-0.4, -0.2) is 67.3 Å². The SMILES string of the molecule is CN(C)CC1CC(O)CN1CCN=[N+]=[N-]. The van der Waals surface area contributed by atoms with Crippen LogP contribution < -0.4 is 0 Å². The minimum Gasteiger partial charge on any atom is -0.392 e. The monoisotopic (exact) mass is 213 g/mol. The molecule has 1 saturated heterocycles. The number of aliphatic hydroxyl groups is 1. The lowest BCUT2D eigenvalue weighted by molar-refractivity contribution is 0.174. The van der Waals surface area contributed by atoms with Gasteiger partial charge in [0.05, 0.1) is 6.10 Å². The van der Waals surface area contributed by atoms with E-state index in [-0.39, 0.29) is 6.10 Å². The van der Waals surface area contributed by atoms with E-state index in [1.807, 2.05) is 14.1 Å². The highest BCUT2D eigenvalue weighted by Crippen LogP contribution is 2.17. The van der Waals surface area contributed by atoms with Crippen LogP contribution in [0.2, 0.25) is 0 Å². The van der Waals surface area contributed by atoms with Gasteiger partial charge in [-0.15, -0.1) is 0 Å². The molecule has 1 N–H and O–H groups in total. The van der Waals surface area contributed by atoms with Gasteiger partial charge in [-0.1, -0.05) is 5.11 Å². The Bertz CT molecular complexity index is 239. The largest absolute Gasteiger partial charge is 0.392 e. The highest BCUT2D eigenvalue weighted by molar-refractivity contribution is 4.86. The van der Waals surface area contributed by atoms with Crippen LogP contribution in [0.25, 0.3) is 10.4 Å². The lowest BCUT2D eigenvalue weighted by Gasteiger charge is -2.25. The van der Waals surface area contributed by atoms with E-state index in [1.54, 1.807) is 0 Å². The topological polar surface area (TPSA) is 75.5 Å². The maximum absolute atomic E-state index is 9.58. The molecule has 6 nitrogen and oxygen atoms in total. The van der Waals surface area contributed by atoms with E-state index in [9.17, 15) is 5.11 Å². The minimum atomic E-state index is -0.235. The summed E-state index contributed by atoms with van der Waals surface area (Å²) in [5.74, 6) is 0. The van der Waals surface area contributed by atoms with Gasteiger partial charge in [0.15, 0.2) is 0 Å². The molecule has 1 rings (SSSR count). The van der Waals surface area contributed by atoms with Crippen molar-refractivity contribution in [3.8, 4) is 0 Å². The fourth-order valence-corrected chi connectivity index (χ4v) is 2.06. The highest BCUT2D eigenvalue weighted by Gasteiger charge is 2.30. The maximum atomic E-state index is 9.58. The molecule has 0 spiro atoms. The van der Waals surface area contributed by atoms with Crippen molar-refractivity contribution in [2.24, 2.45) is 5.11 Å². The molecule has 0 bridgehead atoms. The fraction of sp³-hybridized carbons (Fsp3) is 1.00. The number of azide groups is 1. The molecule has 2 atom stereocenters. The second-order valence-corrected chi connectivity index (χ2v) is 4.25. The second kappa shape index (κ2) is 5.92. The maximum Gasteiger partial charge on any atom is 0.0682 e. The summed E-state index contributed by atoms with van der Waals surface area (Å²) in [5.41, 5.74) is 8.19. The first kappa shape index (κ1) is 12.3. The molecule has 1 aliphatic rings. The molecular weight excluding hydrogens is 194 g/mol. The van der Waals surface area contributed by atoms with Crippen LogP contribution in [0.4, 0.5) is 0 Å². The van der Waals surface area contributed by atoms with Gasteiger partial charge >= 0.3 is 0 Å². The van der Waals surface area contributed by atoms with E-state index in [0.717, 1.165) is 19.5 Å². The Kier molecular flexibility index (Phi) is 4.84. The Hall–Kier alpha value is -0.810. The molecule has 15 heavy (non-hydrogen) atoms. The van der Waals surface area contributed by atoms with Crippen LogP contribution in [0.15, 0.2) is 5.11 Å². The van der Waals surface area contributed by atoms with Crippen LogP contribution in [-0.2, 0) is 0 Å². The Balaban J connectivity index is 2.41. The summed E-state index contributed by atoms with van der Waals surface area (Å²) in [4.78, 5) is 7.04. The van der Waals surface area contributed by atoms with Gasteiger partial charge in [-0.05, 0) is 26.0 Å². The van der Waals surface area contributed by atoms with E-state index >= 15 is 0 Å². The molecule has 1 aliphatic heterocycles. The summed E-state index contributed by atoms with van der Waals surface area (Å²) in [7, 11) is 4.05. The summed E-state index contributed by atoms with van der Waals surface area (Å²) in [6, 6.07) is 0.379. The van der Waals surface area contributed by atoms with Crippen LogP contribution in [0.1, 0.15) is 6.42 Å². The van der Waals surface area contributed by atoms with Crippen molar-refractivity contribution in [2.75, 3.05) is 40.3 Å². The average Bonchev–Trinajstić information content (AvgIpc) is 2.46. The van der Waals surface area contributed by atoms with E-state index in [0.29, 0.717) is 19.1 Å². The quantitative estimate of drug-likeness (QED) is 0.405. The van der Waals surface area contributed by atoms with Crippen LogP contribution >= 0.6 is 0 Å². The third-order valence-electron chi connectivity index (χ3n) is 2.63. The van der Waals surface area contributed by atoms with Crippen molar-refractivity contribution in [3.05, 3.63) is 10.4 Å². The van der Waals surface area contributed by atoms with Crippen molar-refractivity contribution < 1.29 is 5.11 Å². The van der Waals surface area contributed by atoms with Crippen LogP contribution in [0.5, 0.6) is 0 Å². The zero-order valence-electron chi connectivity index (χ0n) is 9.37. The molecule has 0 radical (unpaired) electrons. The number of aliphatic hydroxyl groups excluding tert-OH is 1. The molecule has 1 fully saturated rings. The zero-order chi connectivity index (χ0) is 11.3. The molecule has 0 aliphatic carbocycles. The summed E-state index contributed by atoms with van der Waals surface area (Å²) in [5, 5.41) is 13.1. The number of likely N-dealkylation sites (N-methyl/N-ethyl adjacent to an activating group) is 1. The highest BCUT2D eigenvalue weighted by atomic mass is 16.3. The van der Waals surface area contributed by atoms with Gasteiger partial charge in [-0.2, -0.15) is 0 Å². The van der Waals surface area contributed by atoms with Crippen molar-refractivity contribution in [2.45, 2.75) is 18.6 Å². The number of nitrogens with zero attached hydrogens (tertiary/aromatic N) is 5. The van der Waals surface area contributed by atoms with E-state index in [2.05, 4.69) is 19.8 Å². The molecule has 0 aromatic carbocycles. The molecule has 0 aromatic rings. The van der Waals surface area contributed by atoms with Crippen molar-refractivity contribution in [3.63, 3.8) is 0 Å². The van der Waals surface area contributed by atoms with Crippen molar-refractivity contribution >= 4 is 0 Å². The first-order chi connectivity index (χ1) is 7.13. The van der Waals surface area contributed by atoms with Gasteiger partial charge in [-0.25, -0.2) is 0 Å².